The number of fused-ring (bicyclic) bond motifs is 5. The Hall–Kier alpha value is -0.530. The van der Waals surface area contributed by atoms with Gasteiger partial charge in [0.1, 0.15) is 0 Å². The topological polar surface area (TPSA) is 37.3 Å². The van der Waals surface area contributed by atoms with Crippen molar-refractivity contribution in [2.24, 2.45) is 46.3 Å². The fourth-order valence-corrected chi connectivity index (χ4v) is 8.82. The molecule has 2 heteroatoms. The highest BCUT2D eigenvalue weighted by molar-refractivity contribution is 5.66. The summed E-state index contributed by atoms with van der Waals surface area (Å²) in [6.07, 6.45) is 15.7. The largest absolute Gasteiger partial charge is 0.481 e. The van der Waals surface area contributed by atoms with Gasteiger partial charge in [0.2, 0.25) is 0 Å². The maximum absolute atomic E-state index is 11.0. The molecule has 8 atom stereocenters. The minimum atomic E-state index is -0.621. The van der Waals surface area contributed by atoms with Crippen LogP contribution in [0.3, 0.4) is 0 Å². The van der Waals surface area contributed by atoms with Crippen molar-refractivity contribution >= 4 is 5.97 Å². The molecule has 3 unspecified atom stereocenters. The van der Waals surface area contributed by atoms with E-state index in [2.05, 4.69) is 20.8 Å². The Balaban J connectivity index is 1.52. The Bertz CT molecular complexity index is 542. The van der Waals surface area contributed by atoms with Gasteiger partial charge in [-0.25, -0.2) is 0 Å². The maximum Gasteiger partial charge on any atom is 0.303 e. The molecule has 0 aromatic heterocycles. The van der Waals surface area contributed by atoms with Gasteiger partial charge < -0.3 is 5.11 Å². The number of rotatable bonds is 4. The van der Waals surface area contributed by atoms with Crippen molar-refractivity contribution in [3.05, 3.63) is 0 Å². The molecule has 0 amide bonds. The molecule has 0 bridgehead atoms. The summed E-state index contributed by atoms with van der Waals surface area (Å²) in [5.41, 5.74) is 1.12. The van der Waals surface area contributed by atoms with Crippen LogP contribution >= 0.6 is 0 Å². The highest BCUT2D eigenvalue weighted by atomic mass is 16.4. The van der Waals surface area contributed by atoms with Crippen LogP contribution in [0.4, 0.5) is 0 Å². The van der Waals surface area contributed by atoms with Gasteiger partial charge in [-0.3, -0.25) is 4.79 Å². The average Bonchev–Trinajstić information content (AvgIpc) is 2.96. The number of aliphatic carboxylic acids is 1. The van der Waals surface area contributed by atoms with Gasteiger partial charge in [-0.1, -0.05) is 33.6 Å². The van der Waals surface area contributed by atoms with Crippen LogP contribution in [0.25, 0.3) is 0 Å². The van der Waals surface area contributed by atoms with Crippen LogP contribution in [0.5, 0.6) is 0 Å². The second kappa shape index (κ2) is 6.82. The summed E-state index contributed by atoms with van der Waals surface area (Å²) in [7, 11) is 0. The first-order valence-electron chi connectivity index (χ1n) is 11.6. The van der Waals surface area contributed by atoms with Crippen molar-refractivity contribution in [2.75, 3.05) is 0 Å². The van der Waals surface area contributed by atoms with Crippen molar-refractivity contribution < 1.29 is 9.90 Å². The fourth-order valence-electron chi connectivity index (χ4n) is 8.82. The zero-order valence-electron chi connectivity index (χ0n) is 17.3. The maximum atomic E-state index is 11.0. The molecule has 26 heavy (non-hydrogen) atoms. The van der Waals surface area contributed by atoms with Crippen molar-refractivity contribution in [1.82, 2.24) is 0 Å². The molecular weight excluding hydrogens is 320 g/mol. The minimum Gasteiger partial charge on any atom is -0.481 e. The second-order valence-corrected chi connectivity index (χ2v) is 11.0. The number of carboxylic acid groups (broad SMARTS) is 1. The predicted molar refractivity (Wildman–Crippen MR) is 106 cm³/mol. The summed E-state index contributed by atoms with van der Waals surface area (Å²) in [5.74, 6) is 4.57. The van der Waals surface area contributed by atoms with Crippen LogP contribution in [-0.4, -0.2) is 11.1 Å². The van der Waals surface area contributed by atoms with Crippen LogP contribution in [0.2, 0.25) is 0 Å². The molecule has 1 N–H and O–H groups in total. The van der Waals surface area contributed by atoms with Gasteiger partial charge in [0.25, 0.3) is 0 Å². The predicted octanol–water partition coefficient (Wildman–Crippen LogP) is 6.54. The molecule has 0 aromatic carbocycles. The molecule has 0 radical (unpaired) electrons. The molecule has 4 saturated carbocycles. The standard InChI is InChI=1S/C24H40O2/c1-16(7-12-22(25)26)19-10-11-20-18-9-8-17-6-4-5-14-23(17,2)21(18)13-15-24(19,20)3/h16-21H,4-15H2,1-3H3,(H,25,26)/t16-,17+,18?,19-,20?,21?,23+,24-/m1/s1. The lowest BCUT2D eigenvalue weighted by Gasteiger charge is -2.61. The van der Waals surface area contributed by atoms with E-state index in [1.807, 2.05) is 0 Å². The van der Waals surface area contributed by atoms with Crippen LogP contribution in [0.1, 0.15) is 97.8 Å². The van der Waals surface area contributed by atoms with Crippen LogP contribution in [0, 0.1) is 46.3 Å². The van der Waals surface area contributed by atoms with E-state index in [1.165, 1.54) is 64.2 Å². The normalized spacial score (nSPS) is 49.0. The van der Waals surface area contributed by atoms with Gasteiger partial charge in [0.15, 0.2) is 0 Å². The minimum absolute atomic E-state index is 0.351. The Labute approximate surface area is 160 Å². The van der Waals surface area contributed by atoms with Gasteiger partial charge in [-0.05, 0) is 104 Å². The van der Waals surface area contributed by atoms with Crippen LogP contribution < -0.4 is 0 Å². The molecule has 0 aliphatic heterocycles. The van der Waals surface area contributed by atoms with E-state index in [1.54, 1.807) is 0 Å². The first-order chi connectivity index (χ1) is 12.4. The lowest BCUT2D eigenvalue weighted by Crippen LogP contribution is -2.53. The van der Waals surface area contributed by atoms with E-state index in [9.17, 15) is 4.79 Å². The van der Waals surface area contributed by atoms with Gasteiger partial charge >= 0.3 is 5.97 Å². The third-order valence-corrected chi connectivity index (χ3v) is 10.2. The molecular formula is C24H40O2. The molecule has 2 nitrogen and oxygen atoms in total. The molecule has 0 heterocycles. The third-order valence-electron chi connectivity index (χ3n) is 10.2. The smallest absolute Gasteiger partial charge is 0.303 e. The third kappa shape index (κ3) is 2.85. The van der Waals surface area contributed by atoms with E-state index >= 15 is 0 Å². The average molecular weight is 361 g/mol. The van der Waals surface area contributed by atoms with E-state index < -0.39 is 5.97 Å². The molecule has 4 aliphatic rings. The molecule has 4 aliphatic carbocycles. The molecule has 0 aromatic rings. The van der Waals surface area contributed by atoms with Crippen molar-refractivity contribution in [2.45, 2.75) is 97.8 Å². The van der Waals surface area contributed by atoms with Gasteiger partial charge in [0.05, 0.1) is 0 Å². The summed E-state index contributed by atoms with van der Waals surface area (Å²) in [4.78, 5) is 11.0. The zero-order chi connectivity index (χ0) is 18.5. The van der Waals surface area contributed by atoms with Crippen LogP contribution in [-0.2, 0) is 4.79 Å². The summed E-state index contributed by atoms with van der Waals surface area (Å²) >= 11 is 0. The van der Waals surface area contributed by atoms with Gasteiger partial charge in [0, 0.05) is 6.42 Å². The number of hydrogen-bond donors (Lipinski definition) is 1. The van der Waals surface area contributed by atoms with Crippen molar-refractivity contribution in [3.63, 3.8) is 0 Å². The molecule has 4 fully saturated rings. The summed E-state index contributed by atoms with van der Waals surface area (Å²) in [6, 6.07) is 0. The van der Waals surface area contributed by atoms with E-state index in [0.717, 1.165) is 36.0 Å². The van der Waals surface area contributed by atoms with Crippen LogP contribution in [0.15, 0.2) is 0 Å². The van der Waals surface area contributed by atoms with E-state index in [0.29, 0.717) is 23.2 Å². The first-order valence-corrected chi connectivity index (χ1v) is 11.6. The van der Waals surface area contributed by atoms with Gasteiger partial charge in [-0.15, -0.1) is 0 Å². The summed E-state index contributed by atoms with van der Waals surface area (Å²) < 4.78 is 0. The van der Waals surface area contributed by atoms with E-state index in [4.69, 9.17) is 5.11 Å². The highest BCUT2D eigenvalue weighted by Crippen LogP contribution is 2.68. The SMILES string of the molecule is C[C@H](CCC(=O)O)[C@H]1CCC2C3CC[C@@H]4CCCC[C@]4(C)C3CC[C@@]21C. The lowest BCUT2D eigenvalue weighted by molar-refractivity contribution is -0.137. The lowest BCUT2D eigenvalue weighted by atomic mass is 9.44. The number of hydrogen-bond acceptors (Lipinski definition) is 1. The highest BCUT2D eigenvalue weighted by Gasteiger charge is 2.60. The summed E-state index contributed by atoms with van der Waals surface area (Å²) in [5, 5.41) is 9.09. The Morgan fingerprint density at radius 2 is 1.73 bits per heavy atom. The number of carbonyl (C=O) groups is 1. The Kier molecular flexibility index (Phi) is 4.93. The zero-order valence-corrected chi connectivity index (χ0v) is 17.3. The monoisotopic (exact) mass is 360 g/mol. The molecule has 0 saturated heterocycles. The first kappa shape index (κ1) is 18.8. The molecule has 148 valence electrons. The fraction of sp³-hybridized carbons (Fsp3) is 0.958. The molecule has 4 rings (SSSR count). The Morgan fingerprint density at radius 3 is 2.50 bits per heavy atom. The van der Waals surface area contributed by atoms with E-state index in [-0.39, 0.29) is 0 Å². The Morgan fingerprint density at radius 1 is 0.962 bits per heavy atom. The number of carboxylic acids is 1. The van der Waals surface area contributed by atoms with Gasteiger partial charge in [-0.2, -0.15) is 0 Å². The van der Waals surface area contributed by atoms with Crippen molar-refractivity contribution in [1.29, 1.82) is 0 Å². The molecule has 0 spiro atoms. The summed E-state index contributed by atoms with van der Waals surface area (Å²) in [6.45, 7) is 7.60. The van der Waals surface area contributed by atoms with Crippen molar-refractivity contribution in [3.8, 4) is 0 Å². The second-order valence-electron chi connectivity index (χ2n) is 11.0. The quantitative estimate of drug-likeness (QED) is 0.618.